The predicted molar refractivity (Wildman–Crippen MR) is 147 cm³/mol. The first-order chi connectivity index (χ1) is 18.3. The van der Waals surface area contributed by atoms with E-state index in [1.54, 1.807) is 25.3 Å². The second-order valence-corrected chi connectivity index (χ2v) is 11.6. The third-order valence-electron chi connectivity index (χ3n) is 9.11. The molecule has 7 heteroatoms. The first-order valence-corrected chi connectivity index (χ1v) is 14.1. The van der Waals surface area contributed by atoms with Gasteiger partial charge in [0.25, 0.3) is 0 Å². The Hall–Kier alpha value is -2.77. The molecule has 2 heterocycles. The van der Waals surface area contributed by atoms with Crippen LogP contribution in [0, 0.1) is 18.8 Å². The van der Waals surface area contributed by atoms with Gasteiger partial charge in [-0.1, -0.05) is 6.07 Å². The number of aliphatic hydroxyl groups is 1. The van der Waals surface area contributed by atoms with E-state index in [2.05, 4.69) is 4.90 Å². The lowest BCUT2D eigenvalue weighted by atomic mass is 9.64. The van der Waals surface area contributed by atoms with Gasteiger partial charge in [0.15, 0.2) is 11.5 Å². The molecule has 1 aliphatic heterocycles. The number of nitrogens with zero attached hydrogens (tertiary/aromatic N) is 2. The number of amides is 1. The number of hydrogen-bond donors (Lipinski definition) is 2. The zero-order chi connectivity index (χ0) is 26.9. The minimum absolute atomic E-state index is 0.0292. The molecule has 2 saturated carbocycles. The Bertz CT molecular complexity index is 1150. The summed E-state index contributed by atoms with van der Waals surface area (Å²) in [4.78, 5) is 17.3. The van der Waals surface area contributed by atoms with Gasteiger partial charge in [0.2, 0.25) is 5.91 Å². The van der Waals surface area contributed by atoms with Crippen LogP contribution in [0.2, 0.25) is 0 Å². The molecule has 38 heavy (non-hydrogen) atoms. The van der Waals surface area contributed by atoms with E-state index < -0.39 is 5.60 Å². The van der Waals surface area contributed by atoms with Crippen molar-refractivity contribution in [2.45, 2.75) is 76.0 Å². The molecule has 5 rings (SSSR count). The van der Waals surface area contributed by atoms with E-state index >= 15 is 0 Å². The number of aromatic hydroxyl groups is 1. The third kappa shape index (κ3) is 5.79. The van der Waals surface area contributed by atoms with Crippen LogP contribution in [0.1, 0.15) is 62.0 Å². The monoisotopic (exact) mass is 522 g/mol. The smallest absolute Gasteiger partial charge is 0.246 e. The molecule has 0 radical (unpaired) electrons. The molecule has 3 fully saturated rings. The molecule has 206 valence electrons. The number of fused-ring (bicyclic) bond motifs is 1. The largest absolute Gasteiger partial charge is 0.504 e. The standard InChI is InChI=1S/C31H42N2O5/c1-21-4-9-26(38-21)10-13-30(35)32(2)25-14-16-31(36)24(19-25)15-17-33(20-23-5-6-23)29(31)12-8-22-7-11-27(34)28(18-22)37-3/h4,7,9-11,13,18,23-25,29,34,36H,5-6,8,12,14-17,19-20H2,1-3H3/b13-10+. The number of hydrogen-bond acceptors (Lipinski definition) is 6. The number of likely N-dealkylation sites (tertiary alicyclic amines) is 1. The fourth-order valence-corrected chi connectivity index (χ4v) is 6.66. The van der Waals surface area contributed by atoms with Crippen molar-refractivity contribution in [1.82, 2.24) is 9.80 Å². The van der Waals surface area contributed by atoms with Gasteiger partial charge in [0.05, 0.1) is 12.7 Å². The summed E-state index contributed by atoms with van der Waals surface area (Å²) in [6.45, 7) is 3.95. The number of carbonyl (C=O) groups is 1. The Kier molecular flexibility index (Phi) is 7.87. The van der Waals surface area contributed by atoms with E-state index in [1.165, 1.54) is 12.8 Å². The van der Waals surface area contributed by atoms with Crippen molar-refractivity contribution in [1.29, 1.82) is 0 Å². The maximum absolute atomic E-state index is 12.9. The highest BCUT2D eigenvalue weighted by molar-refractivity contribution is 5.91. The van der Waals surface area contributed by atoms with Crippen molar-refractivity contribution in [3.05, 3.63) is 53.5 Å². The number of rotatable bonds is 9. The summed E-state index contributed by atoms with van der Waals surface area (Å²) in [5, 5.41) is 22.2. The van der Waals surface area contributed by atoms with E-state index in [-0.39, 0.29) is 29.7 Å². The van der Waals surface area contributed by atoms with Crippen molar-refractivity contribution in [3.63, 3.8) is 0 Å². The zero-order valence-electron chi connectivity index (χ0n) is 22.9. The number of aryl methyl sites for hydroxylation is 2. The van der Waals surface area contributed by atoms with Crippen LogP contribution in [0.25, 0.3) is 6.08 Å². The molecule has 1 aromatic carbocycles. The van der Waals surface area contributed by atoms with E-state index in [1.807, 2.05) is 43.1 Å². The van der Waals surface area contributed by atoms with E-state index in [0.717, 1.165) is 62.4 Å². The molecule has 2 aliphatic carbocycles. The summed E-state index contributed by atoms with van der Waals surface area (Å²) >= 11 is 0. The quantitative estimate of drug-likeness (QED) is 0.461. The first-order valence-electron chi connectivity index (χ1n) is 14.1. The van der Waals surface area contributed by atoms with Crippen molar-refractivity contribution < 1.29 is 24.2 Å². The Morgan fingerprint density at radius 1 is 1.24 bits per heavy atom. The second-order valence-electron chi connectivity index (χ2n) is 11.6. The summed E-state index contributed by atoms with van der Waals surface area (Å²) in [5.41, 5.74) is 0.352. The van der Waals surface area contributed by atoms with Gasteiger partial charge in [-0.15, -0.1) is 0 Å². The van der Waals surface area contributed by atoms with Gasteiger partial charge in [-0.05, 0) is 113 Å². The maximum Gasteiger partial charge on any atom is 0.246 e. The van der Waals surface area contributed by atoms with Crippen molar-refractivity contribution >= 4 is 12.0 Å². The summed E-state index contributed by atoms with van der Waals surface area (Å²) in [5.74, 6) is 3.04. The molecule has 4 atom stereocenters. The molecule has 3 aliphatic rings. The third-order valence-corrected chi connectivity index (χ3v) is 9.11. The fourth-order valence-electron chi connectivity index (χ4n) is 6.66. The molecule has 0 bridgehead atoms. The number of ether oxygens (including phenoxy) is 1. The molecular formula is C31H42N2O5. The Labute approximate surface area is 226 Å². The number of methoxy groups -OCH3 is 1. The maximum atomic E-state index is 12.9. The molecule has 1 saturated heterocycles. The topological polar surface area (TPSA) is 86.4 Å². The molecule has 2 N–H and O–H groups in total. The summed E-state index contributed by atoms with van der Waals surface area (Å²) in [7, 11) is 3.45. The van der Waals surface area contributed by atoms with Gasteiger partial charge >= 0.3 is 0 Å². The minimum atomic E-state index is -0.754. The lowest BCUT2D eigenvalue weighted by Crippen LogP contribution is -2.64. The van der Waals surface area contributed by atoms with Crippen molar-refractivity contribution in [2.24, 2.45) is 11.8 Å². The molecule has 4 unspecified atom stereocenters. The molecule has 1 aromatic heterocycles. The predicted octanol–water partition coefficient (Wildman–Crippen LogP) is 4.79. The van der Waals surface area contributed by atoms with Crippen LogP contribution in [0.15, 0.2) is 40.8 Å². The molecule has 1 amide bonds. The van der Waals surface area contributed by atoms with Gasteiger partial charge < -0.3 is 24.3 Å². The Balaban J connectivity index is 1.27. The zero-order valence-corrected chi connectivity index (χ0v) is 22.9. The van der Waals surface area contributed by atoms with Crippen molar-refractivity contribution in [3.8, 4) is 11.5 Å². The summed E-state index contributed by atoms with van der Waals surface area (Å²) in [6, 6.07) is 9.50. The number of furan rings is 1. The van der Waals surface area contributed by atoms with Gasteiger partial charge in [-0.3, -0.25) is 9.69 Å². The Morgan fingerprint density at radius 3 is 2.76 bits per heavy atom. The molecular weight excluding hydrogens is 480 g/mol. The van der Waals surface area contributed by atoms with Crippen LogP contribution >= 0.6 is 0 Å². The highest BCUT2D eigenvalue weighted by Crippen LogP contribution is 2.47. The van der Waals surface area contributed by atoms with Gasteiger partial charge in [0, 0.05) is 31.8 Å². The van der Waals surface area contributed by atoms with Gasteiger partial charge in [-0.25, -0.2) is 0 Å². The van der Waals surface area contributed by atoms with Gasteiger partial charge in [0.1, 0.15) is 11.5 Å². The van der Waals surface area contributed by atoms with Crippen LogP contribution in [0.3, 0.4) is 0 Å². The fraction of sp³-hybridized carbons (Fsp3) is 0.581. The van der Waals surface area contributed by atoms with Crippen LogP contribution in [0.4, 0.5) is 0 Å². The molecule has 7 nitrogen and oxygen atoms in total. The van der Waals surface area contributed by atoms with Crippen LogP contribution in [-0.2, 0) is 11.2 Å². The number of piperidine rings is 1. The van der Waals surface area contributed by atoms with E-state index in [4.69, 9.17) is 9.15 Å². The molecule has 2 aromatic rings. The van der Waals surface area contributed by atoms with E-state index in [0.29, 0.717) is 17.9 Å². The second kappa shape index (κ2) is 11.1. The number of phenolic OH excluding ortho intramolecular Hbond substituents is 1. The lowest BCUT2D eigenvalue weighted by molar-refractivity contribution is -0.157. The highest BCUT2D eigenvalue weighted by Gasteiger charge is 2.52. The molecule has 0 spiro atoms. The minimum Gasteiger partial charge on any atom is -0.504 e. The van der Waals surface area contributed by atoms with Crippen LogP contribution in [0.5, 0.6) is 11.5 Å². The Morgan fingerprint density at radius 2 is 2.05 bits per heavy atom. The summed E-state index contributed by atoms with van der Waals surface area (Å²) in [6.07, 6.45) is 10.9. The number of benzene rings is 1. The average molecular weight is 523 g/mol. The normalized spacial score (nSPS) is 27.8. The number of carbonyl (C=O) groups excluding carboxylic acids is 1. The highest BCUT2D eigenvalue weighted by atomic mass is 16.5. The average Bonchev–Trinajstić information content (AvgIpc) is 3.63. The SMILES string of the molecule is COc1cc(CCC2N(CC3CC3)CCC3CC(N(C)C(=O)/C=C/c4ccc(C)o4)CCC32O)ccc1O. The summed E-state index contributed by atoms with van der Waals surface area (Å²) < 4.78 is 10.9. The van der Waals surface area contributed by atoms with E-state index in [9.17, 15) is 15.0 Å². The lowest BCUT2D eigenvalue weighted by Gasteiger charge is -2.56. The van der Waals surface area contributed by atoms with Crippen LogP contribution in [-0.4, -0.2) is 70.9 Å². The van der Waals surface area contributed by atoms with Crippen LogP contribution < -0.4 is 4.74 Å². The first kappa shape index (κ1) is 26.8. The number of phenols is 1. The van der Waals surface area contributed by atoms with Gasteiger partial charge in [-0.2, -0.15) is 0 Å². The van der Waals surface area contributed by atoms with Crippen molar-refractivity contribution in [2.75, 3.05) is 27.2 Å². The number of likely N-dealkylation sites (N-methyl/N-ethyl adjacent to an activating group) is 1.